The number of amides is 1. The number of aryl methyl sites for hydroxylation is 1. The first-order valence-corrected chi connectivity index (χ1v) is 10.2. The van der Waals surface area contributed by atoms with E-state index in [0.29, 0.717) is 12.5 Å². The summed E-state index contributed by atoms with van der Waals surface area (Å²) in [5, 5.41) is 3.95. The topological polar surface area (TPSA) is 32.3 Å². The number of nitrogens with zero attached hydrogens (tertiary/aromatic N) is 1. The first-order valence-electron chi connectivity index (χ1n) is 8.59. The third kappa shape index (κ3) is 6.00. The average molecular weight is 397 g/mol. The van der Waals surface area contributed by atoms with Crippen molar-refractivity contribution in [2.45, 2.75) is 38.3 Å². The van der Waals surface area contributed by atoms with Crippen molar-refractivity contribution in [1.82, 2.24) is 10.2 Å². The van der Waals surface area contributed by atoms with Crippen molar-refractivity contribution in [3.63, 3.8) is 0 Å². The zero-order chi connectivity index (χ0) is 17.6. The van der Waals surface area contributed by atoms with Gasteiger partial charge in [0.25, 0.3) is 0 Å². The third-order valence-electron chi connectivity index (χ3n) is 4.50. The van der Waals surface area contributed by atoms with Gasteiger partial charge in [-0.1, -0.05) is 35.3 Å². The fourth-order valence-electron chi connectivity index (χ4n) is 3.11. The van der Waals surface area contributed by atoms with Crippen LogP contribution in [-0.2, 0) is 17.8 Å². The maximum atomic E-state index is 12.1. The number of likely N-dealkylation sites (tertiary alicyclic amines) is 1. The fraction of sp³-hybridized carbons (Fsp3) is 0.421. The molecule has 1 saturated heterocycles. The molecule has 0 atom stereocenters. The number of carbonyl (C=O) groups excluding carboxylic acids is 1. The molecule has 134 valence electrons. The third-order valence-corrected chi connectivity index (χ3v) is 6.04. The average Bonchev–Trinajstić information content (AvgIpc) is 3.02. The summed E-state index contributed by atoms with van der Waals surface area (Å²) in [7, 11) is 0. The first kappa shape index (κ1) is 18.7. The van der Waals surface area contributed by atoms with Gasteiger partial charge in [-0.05, 0) is 49.1 Å². The minimum Gasteiger partial charge on any atom is -0.353 e. The Hall–Kier alpha value is -1.07. The van der Waals surface area contributed by atoms with Gasteiger partial charge in [-0.25, -0.2) is 0 Å². The van der Waals surface area contributed by atoms with E-state index in [-0.39, 0.29) is 5.91 Å². The van der Waals surface area contributed by atoms with Gasteiger partial charge >= 0.3 is 0 Å². The largest absolute Gasteiger partial charge is 0.353 e. The molecule has 3 nitrogen and oxygen atoms in total. The lowest BCUT2D eigenvalue weighted by atomic mass is 10.0. The molecule has 3 rings (SSSR count). The van der Waals surface area contributed by atoms with E-state index in [0.717, 1.165) is 53.1 Å². The molecule has 6 heteroatoms. The monoisotopic (exact) mass is 396 g/mol. The van der Waals surface area contributed by atoms with E-state index in [4.69, 9.17) is 23.2 Å². The van der Waals surface area contributed by atoms with E-state index in [2.05, 4.69) is 22.3 Å². The SMILES string of the molecule is O=C(CCc1ccc(Cl)s1)NC1CCN(Cc2ccc(Cl)cc2)CC1. The Morgan fingerprint density at radius 2 is 1.84 bits per heavy atom. The summed E-state index contributed by atoms with van der Waals surface area (Å²) in [6.07, 6.45) is 3.30. The van der Waals surface area contributed by atoms with Gasteiger partial charge in [0.15, 0.2) is 0 Å². The van der Waals surface area contributed by atoms with Crippen molar-refractivity contribution < 1.29 is 4.79 Å². The van der Waals surface area contributed by atoms with E-state index in [1.165, 1.54) is 5.56 Å². The van der Waals surface area contributed by atoms with Gasteiger partial charge < -0.3 is 5.32 Å². The summed E-state index contributed by atoms with van der Waals surface area (Å²) >= 11 is 13.4. The molecule has 25 heavy (non-hydrogen) atoms. The molecule has 1 aromatic carbocycles. The van der Waals surface area contributed by atoms with Crippen LogP contribution in [0.2, 0.25) is 9.36 Å². The van der Waals surface area contributed by atoms with Crippen molar-refractivity contribution >= 4 is 40.4 Å². The molecule has 0 aliphatic carbocycles. The van der Waals surface area contributed by atoms with Crippen LogP contribution in [0.5, 0.6) is 0 Å². The molecular formula is C19H22Cl2N2OS. The summed E-state index contributed by atoms with van der Waals surface area (Å²) in [4.78, 5) is 15.7. The zero-order valence-electron chi connectivity index (χ0n) is 14.0. The van der Waals surface area contributed by atoms with E-state index in [1.54, 1.807) is 11.3 Å². The van der Waals surface area contributed by atoms with Crippen LogP contribution >= 0.6 is 34.5 Å². The molecule has 0 unspecified atom stereocenters. The highest BCUT2D eigenvalue weighted by molar-refractivity contribution is 7.16. The van der Waals surface area contributed by atoms with Crippen LogP contribution in [0.25, 0.3) is 0 Å². The summed E-state index contributed by atoms with van der Waals surface area (Å²) in [5.41, 5.74) is 1.28. The van der Waals surface area contributed by atoms with Crippen molar-refractivity contribution in [3.8, 4) is 0 Å². The van der Waals surface area contributed by atoms with E-state index >= 15 is 0 Å². The Kier molecular flexibility index (Phi) is 6.77. The lowest BCUT2D eigenvalue weighted by Crippen LogP contribution is -2.44. The fourth-order valence-corrected chi connectivity index (χ4v) is 4.32. The molecule has 0 bridgehead atoms. The molecule has 1 aliphatic rings. The molecule has 0 saturated carbocycles. The molecule has 1 aliphatic heterocycles. The number of hydrogen-bond acceptors (Lipinski definition) is 3. The van der Waals surface area contributed by atoms with Crippen molar-refractivity contribution in [3.05, 3.63) is 56.2 Å². The summed E-state index contributed by atoms with van der Waals surface area (Å²) in [5.74, 6) is 0.140. The number of thiophene rings is 1. The second-order valence-corrected chi connectivity index (χ2v) is 8.69. The van der Waals surface area contributed by atoms with Crippen LogP contribution in [0.3, 0.4) is 0 Å². The van der Waals surface area contributed by atoms with Gasteiger partial charge in [0.1, 0.15) is 0 Å². The highest BCUT2D eigenvalue weighted by Crippen LogP contribution is 2.22. The maximum Gasteiger partial charge on any atom is 0.220 e. The summed E-state index contributed by atoms with van der Waals surface area (Å²) < 4.78 is 0.781. The van der Waals surface area contributed by atoms with Gasteiger partial charge in [0.05, 0.1) is 4.34 Å². The molecule has 2 heterocycles. The number of piperidine rings is 1. The van der Waals surface area contributed by atoms with E-state index in [1.807, 2.05) is 24.3 Å². The number of halogens is 2. The van der Waals surface area contributed by atoms with Crippen LogP contribution in [0, 0.1) is 0 Å². The van der Waals surface area contributed by atoms with Crippen LogP contribution < -0.4 is 5.32 Å². The maximum absolute atomic E-state index is 12.1. The Labute approximate surface area is 162 Å². The van der Waals surface area contributed by atoms with Gasteiger partial charge in [0, 0.05) is 42.0 Å². The lowest BCUT2D eigenvalue weighted by molar-refractivity contribution is -0.122. The molecule has 0 radical (unpaired) electrons. The molecular weight excluding hydrogens is 375 g/mol. The van der Waals surface area contributed by atoms with Gasteiger partial charge in [-0.15, -0.1) is 11.3 Å². The predicted octanol–water partition coefficient (Wildman–Crippen LogP) is 4.77. The predicted molar refractivity (Wildman–Crippen MR) is 106 cm³/mol. The van der Waals surface area contributed by atoms with Gasteiger partial charge in [-0.2, -0.15) is 0 Å². The standard InChI is InChI=1S/C19H22Cl2N2OS/c20-15-3-1-14(2-4-15)13-23-11-9-16(10-12-23)22-19(24)8-6-17-5-7-18(21)25-17/h1-5,7,16H,6,8-13H2,(H,22,24). The van der Waals surface area contributed by atoms with Crippen molar-refractivity contribution in [2.24, 2.45) is 0 Å². The van der Waals surface area contributed by atoms with E-state index in [9.17, 15) is 4.79 Å². The van der Waals surface area contributed by atoms with Crippen LogP contribution in [0.15, 0.2) is 36.4 Å². The van der Waals surface area contributed by atoms with Crippen LogP contribution in [-0.4, -0.2) is 29.9 Å². The van der Waals surface area contributed by atoms with Gasteiger partial charge in [0.2, 0.25) is 5.91 Å². The van der Waals surface area contributed by atoms with E-state index < -0.39 is 0 Å². The molecule has 1 amide bonds. The second kappa shape index (κ2) is 9.04. The molecule has 1 fully saturated rings. The highest BCUT2D eigenvalue weighted by atomic mass is 35.5. The Bertz CT molecular complexity index is 694. The van der Waals surface area contributed by atoms with Crippen LogP contribution in [0.1, 0.15) is 29.7 Å². The minimum absolute atomic E-state index is 0.140. The zero-order valence-corrected chi connectivity index (χ0v) is 16.3. The number of benzene rings is 1. The van der Waals surface area contributed by atoms with Crippen molar-refractivity contribution in [1.29, 1.82) is 0 Å². The van der Waals surface area contributed by atoms with Gasteiger partial charge in [-0.3, -0.25) is 9.69 Å². The molecule has 1 N–H and O–H groups in total. The molecule has 2 aromatic rings. The number of rotatable bonds is 6. The number of nitrogens with one attached hydrogen (secondary N) is 1. The number of hydrogen-bond donors (Lipinski definition) is 1. The first-order chi connectivity index (χ1) is 12.1. The van der Waals surface area contributed by atoms with Crippen molar-refractivity contribution in [2.75, 3.05) is 13.1 Å². The summed E-state index contributed by atoms with van der Waals surface area (Å²) in [6, 6.07) is 12.2. The normalized spacial score (nSPS) is 16.1. The second-order valence-electron chi connectivity index (χ2n) is 6.45. The highest BCUT2D eigenvalue weighted by Gasteiger charge is 2.20. The quantitative estimate of drug-likeness (QED) is 0.762. The van der Waals surface area contributed by atoms with Crippen LogP contribution in [0.4, 0.5) is 0 Å². The minimum atomic E-state index is 0.140. The Balaban J connectivity index is 1.37. The smallest absolute Gasteiger partial charge is 0.220 e. The molecule has 0 spiro atoms. The Morgan fingerprint density at radius 1 is 1.12 bits per heavy atom. The summed E-state index contributed by atoms with van der Waals surface area (Å²) in [6.45, 7) is 2.96. The lowest BCUT2D eigenvalue weighted by Gasteiger charge is -2.32. The molecule has 1 aromatic heterocycles. The Morgan fingerprint density at radius 3 is 2.48 bits per heavy atom. The number of carbonyl (C=O) groups is 1.